The molecule has 6 nitrogen and oxygen atoms in total. The van der Waals surface area contributed by atoms with Gasteiger partial charge < -0.3 is 20.4 Å². The Kier molecular flexibility index (Phi) is 9.57. The van der Waals surface area contributed by atoms with E-state index >= 15 is 0 Å². The molecular weight excluding hydrogens is 400 g/mol. The fraction of sp³-hybridized carbons (Fsp3) is 0.462. The van der Waals surface area contributed by atoms with Crippen LogP contribution in [0, 0.1) is 5.92 Å². The molecule has 0 aromatic heterocycles. The molecule has 0 heterocycles. The minimum Gasteiger partial charge on any atom is -0.377 e. The molecule has 2 N–H and O–H groups in total. The minimum absolute atomic E-state index is 0.000328. The highest BCUT2D eigenvalue weighted by atomic mass is 16.2. The van der Waals surface area contributed by atoms with Crippen LogP contribution in [-0.2, 0) is 17.9 Å². The van der Waals surface area contributed by atoms with Crippen LogP contribution in [0.3, 0.4) is 0 Å². The Labute approximate surface area is 193 Å². The van der Waals surface area contributed by atoms with Crippen molar-refractivity contribution in [3.8, 4) is 0 Å². The van der Waals surface area contributed by atoms with Crippen LogP contribution in [0.2, 0.25) is 0 Å². The van der Waals surface area contributed by atoms with E-state index in [9.17, 15) is 9.59 Å². The smallest absolute Gasteiger partial charge is 0.319 e. The summed E-state index contributed by atoms with van der Waals surface area (Å²) in [5.74, 6) is 0.166. The average Bonchev–Trinajstić information content (AvgIpc) is 2.74. The number of anilines is 2. The lowest BCUT2D eigenvalue weighted by atomic mass is 10.0. The lowest BCUT2D eigenvalue weighted by molar-refractivity contribution is -0.137. The summed E-state index contributed by atoms with van der Waals surface area (Å²) in [5, 5.41) is 5.75. The number of carbonyl (C=O) groups is 2. The molecule has 3 amide bonds. The van der Waals surface area contributed by atoms with Crippen LogP contribution in [0.4, 0.5) is 16.2 Å². The number of amides is 3. The molecule has 0 bridgehead atoms. The Morgan fingerprint density at radius 3 is 2.16 bits per heavy atom. The Balaban J connectivity index is 2.37. The summed E-state index contributed by atoms with van der Waals surface area (Å²) in [4.78, 5) is 29.6. The first kappa shape index (κ1) is 25.2. The van der Waals surface area contributed by atoms with E-state index in [2.05, 4.69) is 24.5 Å². The van der Waals surface area contributed by atoms with Gasteiger partial charge >= 0.3 is 6.03 Å². The van der Waals surface area contributed by atoms with Crippen LogP contribution in [0.15, 0.2) is 48.5 Å². The van der Waals surface area contributed by atoms with Crippen molar-refractivity contribution in [1.82, 2.24) is 10.2 Å². The summed E-state index contributed by atoms with van der Waals surface area (Å²) in [7, 11) is 3.98. The summed E-state index contributed by atoms with van der Waals surface area (Å²) in [6, 6.07) is 15.7. The quantitative estimate of drug-likeness (QED) is 0.533. The zero-order chi connectivity index (χ0) is 23.7. The van der Waals surface area contributed by atoms with E-state index in [1.54, 1.807) is 0 Å². The molecule has 0 radical (unpaired) electrons. The maximum absolute atomic E-state index is 13.4. The normalized spacial score (nSPS) is 10.9. The largest absolute Gasteiger partial charge is 0.377 e. The van der Waals surface area contributed by atoms with Crippen LogP contribution in [0.1, 0.15) is 51.7 Å². The highest BCUT2D eigenvalue weighted by Crippen LogP contribution is 2.26. The third-order valence-corrected chi connectivity index (χ3v) is 5.46. The predicted octanol–water partition coefficient (Wildman–Crippen LogP) is 5.25. The molecule has 2 aromatic rings. The summed E-state index contributed by atoms with van der Waals surface area (Å²) in [6.07, 6.45) is 1.64. The molecule has 0 atom stereocenters. The molecule has 6 heteroatoms. The van der Waals surface area contributed by atoms with Gasteiger partial charge in [-0.25, -0.2) is 4.79 Å². The molecule has 0 spiro atoms. The van der Waals surface area contributed by atoms with Crippen LogP contribution in [-0.4, -0.2) is 37.0 Å². The van der Waals surface area contributed by atoms with Crippen molar-refractivity contribution in [2.24, 2.45) is 5.92 Å². The molecule has 0 aliphatic carbocycles. The fourth-order valence-corrected chi connectivity index (χ4v) is 3.77. The summed E-state index contributed by atoms with van der Waals surface area (Å²) >= 11 is 0. The summed E-state index contributed by atoms with van der Waals surface area (Å²) in [5.41, 5.74) is 3.82. The van der Waals surface area contributed by atoms with Crippen LogP contribution < -0.4 is 15.5 Å². The lowest BCUT2D eigenvalue weighted by Crippen LogP contribution is -2.35. The zero-order valence-electron chi connectivity index (χ0n) is 20.3. The van der Waals surface area contributed by atoms with Gasteiger partial charge in [-0.15, -0.1) is 0 Å². The van der Waals surface area contributed by atoms with E-state index in [1.807, 2.05) is 86.3 Å². The molecule has 32 heavy (non-hydrogen) atoms. The molecule has 0 aliphatic heterocycles. The van der Waals surface area contributed by atoms with Gasteiger partial charge in [-0.05, 0) is 56.0 Å². The van der Waals surface area contributed by atoms with E-state index in [0.717, 1.165) is 29.7 Å². The van der Waals surface area contributed by atoms with Crippen molar-refractivity contribution in [3.63, 3.8) is 0 Å². The molecular formula is C26H38N4O2. The first-order chi connectivity index (χ1) is 15.2. The molecule has 174 valence electrons. The number of hydrogen-bond acceptors (Lipinski definition) is 3. The highest BCUT2D eigenvalue weighted by Gasteiger charge is 2.23. The topological polar surface area (TPSA) is 64.7 Å². The maximum Gasteiger partial charge on any atom is 0.319 e. The highest BCUT2D eigenvalue weighted by molar-refractivity contribution is 5.90. The first-order valence-electron chi connectivity index (χ1n) is 11.5. The Bertz CT molecular complexity index is 877. The third kappa shape index (κ3) is 7.29. The van der Waals surface area contributed by atoms with Crippen molar-refractivity contribution in [3.05, 3.63) is 59.7 Å². The number of nitrogens with one attached hydrogen (secondary N) is 2. The molecule has 0 unspecified atom stereocenters. The third-order valence-electron chi connectivity index (χ3n) is 5.46. The number of nitrogens with zero attached hydrogens (tertiary/aromatic N) is 2. The van der Waals surface area contributed by atoms with Crippen molar-refractivity contribution >= 4 is 23.3 Å². The molecule has 2 aromatic carbocycles. The Morgan fingerprint density at radius 1 is 0.938 bits per heavy atom. The van der Waals surface area contributed by atoms with E-state index in [4.69, 9.17) is 0 Å². The second kappa shape index (κ2) is 12.1. The summed E-state index contributed by atoms with van der Waals surface area (Å²) in [6.45, 7) is 9.00. The maximum atomic E-state index is 13.4. The lowest BCUT2D eigenvalue weighted by Gasteiger charge is -2.29. The number of benzene rings is 2. The molecule has 0 saturated carbocycles. The Morgan fingerprint density at radius 2 is 1.59 bits per heavy atom. The van der Waals surface area contributed by atoms with Crippen molar-refractivity contribution < 1.29 is 9.59 Å². The second-order valence-electron chi connectivity index (χ2n) is 8.68. The standard InChI is InChI=1S/C26H38N4O2/c1-7-21(8-2)25(31)30(17-20-12-10-9-11-13-20)18-22-16-23(14-15-24(22)29(5)6)28-26(32)27-19(3)4/h9-16,19,21H,7-8,17-18H2,1-6H3,(H2,27,28,32). The fourth-order valence-electron chi connectivity index (χ4n) is 3.77. The van der Waals surface area contributed by atoms with Gasteiger partial charge in [0.15, 0.2) is 0 Å². The number of carbonyl (C=O) groups excluding carboxylic acids is 2. The van der Waals surface area contributed by atoms with E-state index in [1.165, 1.54) is 0 Å². The van der Waals surface area contributed by atoms with E-state index in [0.29, 0.717) is 18.8 Å². The van der Waals surface area contributed by atoms with Gasteiger partial charge in [-0.3, -0.25) is 4.79 Å². The van der Waals surface area contributed by atoms with Gasteiger partial charge in [-0.1, -0.05) is 44.2 Å². The summed E-state index contributed by atoms with van der Waals surface area (Å²) < 4.78 is 0. The predicted molar refractivity (Wildman–Crippen MR) is 133 cm³/mol. The number of hydrogen-bond donors (Lipinski definition) is 2. The van der Waals surface area contributed by atoms with Crippen molar-refractivity contribution in [2.75, 3.05) is 24.3 Å². The van der Waals surface area contributed by atoms with Crippen molar-refractivity contribution in [2.45, 2.75) is 59.7 Å². The Hall–Kier alpha value is -3.02. The SMILES string of the molecule is CCC(CC)C(=O)N(Cc1ccccc1)Cc1cc(NC(=O)NC(C)C)ccc1N(C)C. The van der Waals surface area contributed by atoms with Gasteiger partial charge in [0.25, 0.3) is 0 Å². The first-order valence-corrected chi connectivity index (χ1v) is 11.5. The monoisotopic (exact) mass is 438 g/mol. The van der Waals surface area contributed by atoms with Crippen LogP contribution in [0.25, 0.3) is 0 Å². The minimum atomic E-state index is -0.238. The van der Waals surface area contributed by atoms with E-state index in [-0.39, 0.29) is 23.9 Å². The van der Waals surface area contributed by atoms with Gasteiger partial charge in [0, 0.05) is 50.5 Å². The van der Waals surface area contributed by atoms with Crippen molar-refractivity contribution in [1.29, 1.82) is 0 Å². The molecule has 0 aliphatic rings. The molecule has 2 rings (SSSR count). The van der Waals surface area contributed by atoms with Gasteiger partial charge in [0.1, 0.15) is 0 Å². The van der Waals surface area contributed by atoms with Gasteiger partial charge in [-0.2, -0.15) is 0 Å². The number of rotatable bonds is 10. The second-order valence-corrected chi connectivity index (χ2v) is 8.68. The van der Waals surface area contributed by atoms with Gasteiger partial charge in [0.2, 0.25) is 5.91 Å². The molecule has 0 fully saturated rings. The van der Waals surface area contributed by atoms with E-state index < -0.39 is 0 Å². The van der Waals surface area contributed by atoms with Crippen LogP contribution in [0.5, 0.6) is 0 Å². The molecule has 0 saturated heterocycles. The zero-order valence-corrected chi connectivity index (χ0v) is 20.3. The van der Waals surface area contributed by atoms with Gasteiger partial charge in [0.05, 0.1) is 0 Å². The van der Waals surface area contributed by atoms with Crippen LogP contribution >= 0.6 is 0 Å². The number of urea groups is 1. The average molecular weight is 439 g/mol.